The van der Waals surface area contributed by atoms with Crippen LogP contribution in [0.5, 0.6) is 5.75 Å². The number of sulfonamides is 1. The van der Waals surface area contributed by atoms with E-state index < -0.39 is 15.8 Å². The van der Waals surface area contributed by atoms with Gasteiger partial charge in [-0.25, -0.2) is 12.8 Å². The third kappa shape index (κ3) is 2.32. The summed E-state index contributed by atoms with van der Waals surface area (Å²) in [6, 6.07) is 3.37. The van der Waals surface area contributed by atoms with Crippen molar-refractivity contribution in [3.05, 3.63) is 35.3 Å². The minimum atomic E-state index is -3.92. The van der Waals surface area contributed by atoms with Crippen LogP contribution < -0.4 is 10.5 Å². The van der Waals surface area contributed by atoms with Crippen molar-refractivity contribution >= 4 is 15.9 Å². The summed E-state index contributed by atoms with van der Waals surface area (Å²) in [6.45, 7) is 0.244. The van der Waals surface area contributed by atoms with Gasteiger partial charge in [-0.15, -0.1) is 0 Å². The first-order valence-corrected chi connectivity index (χ1v) is 7.94. The van der Waals surface area contributed by atoms with E-state index in [1.807, 2.05) is 0 Å². The minimum Gasteiger partial charge on any atom is -0.495 e. The fourth-order valence-electron chi connectivity index (χ4n) is 2.40. The van der Waals surface area contributed by atoms with Gasteiger partial charge in [-0.2, -0.15) is 4.31 Å². The van der Waals surface area contributed by atoms with Gasteiger partial charge >= 0.3 is 0 Å². The van der Waals surface area contributed by atoms with Crippen molar-refractivity contribution in [3.8, 4) is 5.75 Å². The Morgan fingerprint density at radius 2 is 2.23 bits per heavy atom. The third-order valence-corrected chi connectivity index (χ3v) is 5.44. The Bertz CT molecular complexity index is 819. The van der Waals surface area contributed by atoms with Gasteiger partial charge in [0.2, 0.25) is 15.9 Å². The van der Waals surface area contributed by atoms with Crippen molar-refractivity contribution < 1.29 is 22.1 Å². The summed E-state index contributed by atoms with van der Waals surface area (Å²) in [5, 5.41) is 3.79. The summed E-state index contributed by atoms with van der Waals surface area (Å²) in [5.41, 5.74) is 6.85. The van der Waals surface area contributed by atoms with E-state index in [0.29, 0.717) is 17.7 Å². The number of hydrogen-bond donors (Lipinski definition) is 1. The molecule has 22 heavy (non-hydrogen) atoms. The predicted octanol–water partition coefficient (Wildman–Crippen LogP) is 1.15. The van der Waals surface area contributed by atoms with Gasteiger partial charge < -0.3 is 15.0 Å². The molecule has 118 valence electrons. The molecule has 2 N–H and O–H groups in total. The molecule has 7 nitrogen and oxygen atoms in total. The first kappa shape index (κ1) is 14.8. The maximum absolute atomic E-state index is 13.5. The zero-order valence-corrected chi connectivity index (χ0v) is 12.6. The Labute approximate surface area is 126 Å². The van der Waals surface area contributed by atoms with E-state index in [0.717, 1.165) is 12.1 Å². The molecule has 2 heterocycles. The molecule has 9 heteroatoms. The van der Waals surface area contributed by atoms with Gasteiger partial charge in [-0.3, -0.25) is 0 Å². The van der Waals surface area contributed by atoms with E-state index in [9.17, 15) is 12.8 Å². The maximum Gasteiger partial charge on any atom is 0.247 e. The molecular weight excluding hydrogens is 313 g/mol. The highest BCUT2D eigenvalue weighted by Gasteiger charge is 2.33. The van der Waals surface area contributed by atoms with Crippen LogP contribution >= 0.6 is 0 Å². The summed E-state index contributed by atoms with van der Waals surface area (Å²) in [4.78, 5) is -0.214. The Hall–Kier alpha value is -2.13. The van der Waals surface area contributed by atoms with Crippen LogP contribution in [-0.4, -0.2) is 31.5 Å². The van der Waals surface area contributed by atoms with Crippen LogP contribution in [0, 0.1) is 5.82 Å². The lowest BCUT2D eigenvalue weighted by Gasteiger charge is -2.26. The highest BCUT2D eigenvalue weighted by molar-refractivity contribution is 7.89. The van der Waals surface area contributed by atoms with Crippen LogP contribution in [0.25, 0.3) is 0 Å². The number of nitrogens with zero attached hydrogens (tertiary/aromatic N) is 2. The van der Waals surface area contributed by atoms with E-state index >= 15 is 0 Å². The summed E-state index contributed by atoms with van der Waals surface area (Å²) >= 11 is 0. The topological polar surface area (TPSA) is 98.7 Å². The number of nitrogens with two attached hydrogens (primary N) is 1. The number of benzene rings is 1. The summed E-state index contributed by atoms with van der Waals surface area (Å²) in [6.07, 6.45) is 0.382. The highest BCUT2D eigenvalue weighted by atomic mass is 32.2. The van der Waals surface area contributed by atoms with Crippen molar-refractivity contribution in [2.24, 2.45) is 0 Å². The number of nitrogen functional groups attached to an aromatic ring is 1. The molecule has 1 aliphatic rings. The molecule has 1 aromatic heterocycles. The second-order valence-corrected chi connectivity index (χ2v) is 6.76. The first-order valence-electron chi connectivity index (χ1n) is 6.50. The van der Waals surface area contributed by atoms with Crippen molar-refractivity contribution in [2.75, 3.05) is 19.4 Å². The maximum atomic E-state index is 13.5. The fourth-order valence-corrected chi connectivity index (χ4v) is 3.98. The summed E-state index contributed by atoms with van der Waals surface area (Å²) in [7, 11) is -2.59. The van der Waals surface area contributed by atoms with Crippen LogP contribution in [0.2, 0.25) is 0 Å². The quantitative estimate of drug-likeness (QED) is 0.908. The molecule has 2 aromatic rings. The molecule has 1 aliphatic heterocycles. The lowest BCUT2D eigenvalue weighted by Crippen LogP contribution is -2.36. The van der Waals surface area contributed by atoms with Gasteiger partial charge in [-0.05, 0) is 18.2 Å². The number of halogens is 1. The summed E-state index contributed by atoms with van der Waals surface area (Å²) < 4.78 is 50.1. The number of aromatic nitrogens is 1. The zero-order chi connectivity index (χ0) is 15.9. The van der Waals surface area contributed by atoms with Crippen LogP contribution in [0.1, 0.15) is 11.3 Å². The van der Waals surface area contributed by atoms with Gasteiger partial charge in [0.15, 0.2) is 0 Å². The molecule has 0 radical (unpaired) electrons. The largest absolute Gasteiger partial charge is 0.495 e. The summed E-state index contributed by atoms with van der Waals surface area (Å²) in [5.74, 6) is -0.465. The second-order valence-electron chi connectivity index (χ2n) is 4.86. The van der Waals surface area contributed by atoms with Crippen LogP contribution in [-0.2, 0) is 23.0 Å². The Balaban J connectivity index is 2.01. The van der Waals surface area contributed by atoms with Gasteiger partial charge in [0, 0.05) is 19.5 Å². The average Bonchev–Trinajstić information content (AvgIpc) is 2.88. The number of ether oxygens (including phenoxy) is 1. The van der Waals surface area contributed by atoms with E-state index in [1.54, 1.807) is 0 Å². The lowest BCUT2D eigenvalue weighted by molar-refractivity contribution is 0.374. The SMILES string of the molecule is COc1ccc(F)cc1S(=O)(=O)N1CCc2noc(N)c2C1. The van der Waals surface area contributed by atoms with E-state index in [2.05, 4.69) is 5.16 Å². The molecule has 0 bridgehead atoms. The number of fused-ring (bicyclic) bond motifs is 1. The molecule has 0 saturated carbocycles. The standard InChI is InChI=1S/C13H14FN3O4S/c1-20-11-3-2-8(14)6-12(11)22(18,19)17-5-4-10-9(7-17)13(15)21-16-10/h2-3,6H,4-5,7,15H2,1H3. The Morgan fingerprint density at radius 1 is 1.45 bits per heavy atom. The van der Waals surface area contributed by atoms with Crippen LogP contribution in [0.4, 0.5) is 10.3 Å². The second kappa shape index (κ2) is 5.25. The molecule has 3 rings (SSSR count). The molecule has 0 aliphatic carbocycles. The van der Waals surface area contributed by atoms with Crippen molar-refractivity contribution in [1.29, 1.82) is 0 Å². The highest BCUT2D eigenvalue weighted by Crippen LogP contribution is 2.32. The molecule has 0 atom stereocenters. The fraction of sp³-hybridized carbons (Fsp3) is 0.308. The van der Waals surface area contributed by atoms with E-state index in [-0.39, 0.29) is 29.6 Å². The van der Waals surface area contributed by atoms with E-state index in [4.69, 9.17) is 15.0 Å². The van der Waals surface area contributed by atoms with E-state index in [1.165, 1.54) is 17.5 Å². The first-order chi connectivity index (χ1) is 10.4. The van der Waals surface area contributed by atoms with Gasteiger partial charge in [0.1, 0.15) is 16.5 Å². The smallest absolute Gasteiger partial charge is 0.247 e. The number of anilines is 1. The van der Waals surface area contributed by atoms with Crippen molar-refractivity contribution in [2.45, 2.75) is 17.9 Å². The molecule has 0 spiro atoms. The Morgan fingerprint density at radius 3 is 2.95 bits per heavy atom. The van der Waals surface area contributed by atoms with Gasteiger partial charge in [0.05, 0.1) is 18.4 Å². The molecule has 0 amide bonds. The van der Waals surface area contributed by atoms with Crippen molar-refractivity contribution in [1.82, 2.24) is 9.46 Å². The molecular formula is C13H14FN3O4S. The average molecular weight is 327 g/mol. The number of methoxy groups -OCH3 is 1. The predicted molar refractivity (Wildman–Crippen MR) is 75.2 cm³/mol. The van der Waals surface area contributed by atoms with Crippen molar-refractivity contribution in [3.63, 3.8) is 0 Å². The normalized spacial score (nSPS) is 15.5. The monoisotopic (exact) mass is 327 g/mol. The number of hydrogen-bond acceptors (Lipinski definition) is 6. The third-order valence-electron chi connectivity index (χ3n) is 3.58. The lowest BCUT2D eigenvalue weighted by atomic mass is 10.1. The van der Waals surface area contributed by atoms with Crippen LogP contribution in [0.15, 0.2) is 27.6 Å². The van der Waals surface area contributed by atoms with Crippen LogP contribution in [0.3, 0.4) is 0 Å². The van der Waals surface area contributed by atoms with Gasteiger partial charge in [0.25, 0.3) is 0 Å². The molecule has 0 saturated heterocycles. The molecule has 0 fully saturated rings. The molecule has 1 aromatic carbocycles. The minimum absolute atomic E-state index is 0.0344. The Kier molecular flexibility index (Phi) is 3.53. The zero-order valence-electron chi connectivity index (χ0n) is 11.7. The molecule has 0 unspecified atom stereocenters. The van der Waals surface area contributed by atoms with Gasteiger partial charge in [-0.1, -0.05) is 5.16 Å². The number of rotatable bonds is 3.